The molecule has 0 spiro atoms. The molecule has 0 aliphatic heterocycles. The summed E-state index contributed by atoms with van der Waals surface area (Å²) in [7, 11) is 3.22. The molecule has 2 amide bonds. The monoisotopic (exact) mass is 404 g/mol. The van der Waals surface area contributed by atoms with Gasteiger partial charge in [0.15, 0.2) is 0 Å². The number of nitrogens with one attached hydrogen (secondary N) is 1. The summed E-state index contributed by atoms with van der Waals surface area (Å²) in [5.74, 6) is -0.449. The molecule has 132 valence electrons. The van der Waals surface area contributed by atoms with Gasteiger partial charge in [-0.1, -0.05) is 28.1 Å². The molecule has 2 aromatic rings. The van der Waals surface area contributed by atoms with Crippen molar-refractivity contribution in [3.8, 4) is 0 Å². The van der Waals surface area contributed by atoms with Crippen LogP contribution in [0.15, 0.2) is 46.9 Å². The number of rotatable bonds is 6. The van der Waals surface area contributed by atoms with Crippen LogP contribution in [0.4, 0.5) is 5.69 Å². The molecule has 0 atom stereocenters. The molecular weight excluding hydrogens is 384 g/mol. The van der Waals surface area contributed by atoms with Gasteiger partial charge in [0, 0.05) is 29.9 Å². The van der Waals surface area contributed by atoms with Crippen molar-refractivity contribution < 1.29 is 14.3 Å². The van der Waals surface area contributed by atoms with E-state index in [0.717, 1.165) is 21.3 Å². The standard InChI is InChI=1S/C19H21BrN2O3/c1-13-9-16(20)7-8-17(13)21-18(23)11-22(2)19(24)15-6-4-5-14(10-15)12-25-3/h4-10H,11-12H2,1-3H3,(H,21,23). The Kier molecular flexibility index (Phi) is 6.73. The molecule has 0 saturated heterocycles. The van der Waals surface area contributed by atoms with E-state index in [9.17, 15) is 9.59 Å². The molecule has 2 aromatic carbocycles. The van der Waals surface area contributed by atoms with Crippen LogP contribution in [0.3, 0.4) is 0 Å². The molecule has 0 aliphatic rings. The number of halogens is 1. The van der Waals surface area contributed by atoms with Crippen molar-refractivity contribution in [3.05, 3.63) is 63.6 Å². The van der Waals surface area contributed by atoms with Crippen LogP contribution in [0.25, 0.3) is 0 Å². The van der Waals surface area contributed by atoms with Gasteiger partial charge >= 0.3 is 0 Å². The zero-order valence-corrected chi connectivity index (χ0v) is 16.1. The summed E-state index contributed by atoms with van der Waals surface area (Å²) in [5, 5.41) is 2.83. The highest BCUT2D eigenvalue weighted by Crippen LogP contribution is 2.20. The lowest BCUT2D eigenvalue weighted by Gasteiger charge is -2.18. The van der Waals surface area contributed by atoms with E-state index in [-0.39, 0.29) is 18.4 Å². The molecule has 25 heavy (non-hydrogen) atoms. The predicted octanol–water partition coefficient (Wildman–Crippen LogP) is 3.61. The van der Waals surface area contributed by atoms with Gasteiger partial charge in [-0.05, 0) is 48.4 Å². The van der Waals surface area contributed by atoms with Gasteiger partial charge in [-0.3, -0.25) is 9.59 Å². The molecule has 0 saturated carbocycles. The molecule has 1 N–H and O–H groups in total. The van der Waals surface area contributed by atoms with Gasteiger partial charge in [0.25, 0.3) is 5.91 Å². The van der Waals surface area contributed by atoms with Gasteiger partial charge in [-0.15, -0.1) is 0 Å². The third-order valence-corrected chi connectivity index (χ3v) is 4.17. The fourth-order valence-corrected chi connectivity index (χ4v) is 2.90. The maximum atomic E-state index is 12.5. The number of aryl methyl sites for hydroxylation is 1. The molecule has 6 heteroatoms. The molecule has 0 unspecified atom stereocenters. The van der Waals surface area contributed by atoms with Gasteiger partial charge in [-0.25, -0.2) is 0 Å². The number of methoxy groups -OCH3 is 1. The number of likely N-dealkylation sites (N-methyl/N-ethyl adjacent to an activating group) is 1. The largest absolute Gasteiger partial charge is 0.380 e. The number of hydrogen-bond donors (Lipinski definition) is 1. The Balaban J connectivity index is 2.00. The van der Waals surface area contributed by atoms with E-state index >= 15 is 0 Å². The first-order valence-electron chi connectivity index (χ1n) is 7.80. The number of hydrogen-bond acceptors (Lipinski definition) is 3. The number of benzene rings is 2. The van der Waals surface area contributed by atoms with Crippen LogP contribution in [0.2, 0.25) is 0 Å². The quantitative estimate of drug-likeness (QED) is 0.799. The van der Waals surface area contributed by atoms with Crippen molar-refractivity contribution in [2.45, 2.75) is 13.5 Å². The second-order valence-corrected chi connectivity index (χ2v) is 6.72. The summed E-state index contributed by atoms with van der Waals surface area (Å²) in [5.41, 5.74) is 3.13. The van der Waals surface area contributed by atoms with Crippen molar-refractivity contribution in [1.82, 2.24) is 4.90 Å². The summed E-state index contributed by atoms with van der Waals surface area (Å²) in [4.78, 5) is 26.1. The maximum absolute atomic E-state index is 12.5. The van der Waals surface area contributed by atoms with Crippen LogP contribution >= 0.6 is 15.9 Å². The lowest BCUT2D eigenvalue weighted by Crippen LogP contribution is -2.35. The van der Waals surface area contributed by atoms with Crippen LogP contribution < -0.4 is 5.32 Å². The number of carbonyl (C=O) groups is 2. The van der Waals surface area contributed by atoms with Crippen LogP contribution in [-0.4, -0.2) is 37.4 Å². The van der Waals surface area contributed by atoms with Crippen LogP contribution in [0.1, 0.15) is 21.5 Å². The van der Waals surface area contributed by atoms with E-state index in [0.29, 0.717) is 12.2 Å². The van der Waals surface area contributed by atoms with Crippen molar-refractivity contribution in [3.63, 3.8) is 0 Å². The SMILES string of the molecule is COCc1cccc(C(=O)N(C)CC(=O)Nc2ccc(Br)cc2C)c1. The highest BCUT2D eigenvalue weighted by Gasteiger charge is 2.16. The first kappa shape index (κ1) is 19.1. The predicted molar refractivity (Wildman–Crippen MR) is 102 cm³/mol. The number of ether oxygens (including phenoxy) is 1. The second kappa shape index (κ2) is 8.78. The van der Waals surface area contributed by atoms with Gasteiger partial charge in [0.1, 0.15) is 0 Å². The molecule has 5 nitrogen and oxygen atoms in total. The Labute approximate surface area is 156 Å². The van der Waals surface area contributed by atoms with E-state index < -0.39 is 0 Å². The van der Waals surface area contributed by atoms with Crippen molar-refractivity contribution in [1.29, 1.82) is 0 Å². The minimum atomic E-state index is -0.241. The molecule has 0 aromatic heterocycles. The van der Waals surface area contributed by atoms with E-state index in [1.165, 1.54) is 4.90 Å². The molecule has 0 radical (unpaired) electrons. The normalized spacial score (nSPS) is 10.4. The molecule has 0 bridgehead atoms. The minimum Gasteiger partial charge on any atom is -0.380 e. The Morgan fingerprint density at radius 1 is 1.20 bits per heavy atom. The average Bonchev–Trinajstić information content (AvgIpc) is 2.57. The van der Waals surface area contributed by atoms with Gasteiger partial charge < -0.3 is 15.0 Å². The third kappa shape index (κ3) is 5.41. The van der Waals surface area contributed by atoms with E-state index in [1.54, 1.807) is 32.4 Å². The Hall–Kier alpha value is -2.18. The van der Waals surface area contributed by atoms with Crippen molar-refractivity contribution in [2.75, 3.05) is 26.0 Å². The molecule has 0 fully saturated rings. The molecule has 2 rings (SSSR count). The second-order valence-electron chi connectivity index (χ2n) is 5.80. The van der Waals surface area contributed by atoms with Gasteiger partial charge in [0.05, 0.1) is 13.2 Å². The van der Waals surface area contributed by atoms with E-state index in [1.807, 2.05) is 31.2 Å². The lowest BCUT2D eigenvalue weighted by molar-refractivity contribution is -0.116. The summed E-state index contributed by atoms with van der Waals surface area (Å²) in [6, 6.07) is 12.8. The number of amides is 2. The summed E-state index contributed by atoms with van der Waals surface area (Å²) in [6.45, 7) is 2.33. The van der Waals surface area contributed by atoms with Gasteiger partial charge in [-0.2, -0.15) is 0 Å². The maximum Gasteiger partial charge on any atom is 0.254 e. The Morgan fingerprint density at radius 3 is 2.64 bits per heavy atom. The average molecular weight is 405 g/mol. The molecular formula is C19H21BrN2O3. The number of anilines is 1. The van der Waals surface area contributed by atoms with E-state index in [4.69, 9.17) is 4.74 Å². The fourth-order valence-electron chi connectivity index (χ4n) is 2.43. The Bertz CT molecular complexity index is 777. The highest BCUT2D eigenvalue weighted by molar-refractivity contribution is 9.10. The number of carbonyl (C=O) groups excluding carboxylic acids is 2. The first-order valence-corrected chi connectivity index (χ1v) is 8.59. The summed E-state index contributed by atoms with van der Waals surface area (Å²) >= 11 is 3.39. The van der Waals surface area contributed by atoms with Gasteiger partial charge in [0.2, 0.25) is 5.91 Å². The minimum absolute atomic E-state index is 0.0250. The fraction of sp³-hybridized carbons (Fsp3) is 0.263. The topological polar surface area (TPSA) is 58.6 Å². The summed E-state index contributed by atoms with van der Waals surface area (Å²) in [6.07, 6.45) is 0. The van der Waals surface area contributed by atoms with Crippen LogP contribution in [-0.2, 0) is 16.1 Å². The summed E-state index contributed by atoms with van der Waals surface area (Å²) < 4.78 is 6.03. The van der Waals surface area contributed by atoms with Crippen molar-refractivity contribution >= 4 is 33.4 Å². The lowest BCUT2D eigenvalue weighted by atomic mass is 10.1. The van der Waals surface area contributed by atoms with Crippen LogP contribution in [0.5, 0.6) is 0 Å². The first-order chi connectivity index (χ1) is 11.9. The van der Waals surface area contributed by atoms with Crippen molar-refractivity contribution in [2.24, 2.45) is 0 Å². The zero-order valence-electron chi connectivity index (χ0n) is 14.5. The zero-order chi connectivity index (χ0) is 18.4. The third-order valence-electron chi connectivity index (χ3n) is 3.67. The highest BCUT2D eigenvalue weighted by atomic mass is 79.9. The van der Waals surface area contributed by atoms with E-state index in [2.05, 4.69) is 21.2 Å². The smallest absolute Gasteiger partial charge is 0.254 e. The van der Waals surface area contributed by atoms with Crippen LogP contribution in [0, 0.1) is 6.92 Å². The Morgan fingerprint density at radius 2 is 1.96 bits per heavy atom. The molecule has 0 heterocycles. The number of nitrogens with zero attached hydrogens (tertiary/aromatic N) is 1. The molecule has 0 aliphatic carbocycles.